The first-order chi connectivity index (χ1) is 20.5. The molecule has 0 unspecified atom stereocenters. The molecule has 0 spiro atoms. The molecule has 10 heteroatoms. The van der Waals surface area contributed by atoms with Gasteiger partial charge in [-0.25, -0.2) is 0 Å². The van der Waals surface area contributed by atoms with Crippen LogP contribution >= 0.6 is 0 Å². The Morgan fingerprint density at radius 3 is 2.16 bits per heavy atom. The second kappa shape index (κ2) is 14.3. The van der Waals surface area contributed by atoms with Crippen LogP contribution in [0.1, 0.15) is 43.9 Å². The average Bonchev–Trinajstić information content (AvgIpc) is 3.43. The molecule has 0 radical (unpaired) electrons. The van der Waals surface area contributed by atoms with E-state index in [1.54, 1.807) is 11.8 Å². The van der Waals surface area contributed by atoms with Crippen molar-refractivity contribution in [2.75, 3.05) is 26.7 Å². The van der Waals surface area contributed by atoms with Gasteiger partial charge in [-0.05, 0) is 48.8 Å². The van der Waals surface area contributed by atoms with Gasteiger partial charge in [0, 0.05) is 32.5 Å². The zero-order valence-corrected chi connectivity index (χ0v) is 25.5. The van der Waals surface area contributed by atoms with Crippen LogP contribution < -0.4 is 16.0 Å². The normalized spacial score (nSPS) is 23.0. The molecule has 2 aliphatic rings. The Labute approximate surface area is 253 Å². The first-order valence-corrected chi connectivity index (χ1v) is 15.1. The van der Waals surface area contributed by atoms with Gasteiger partial charge >= 0.3 is 0 Å². The number of rotatable bonds is 4. The second-order valence-corrected chi connectivity index (χ2v) is 12.0. The fraction of sp³-hybridized carbons (Fsp3) is 0.485. The third-order valence-corrected chi connectivity index (χ3v) is 8.33. The maximum atomic E-state index is 13.9. The summed E-state index contributed by atoms with van der Waals surface area (Å²) in [4.78, 5) is 69.9. The second-order valence-electron chi connectivity index (χ2n) is 12.0. The maximum absolute atomic E-state index is 13.9. The highest BCUT2D eigenvalue weighted by molar-refractivity contribution is 5.94. The molecule has 1 saturated heterocycles. The van der Waals surface area contributed by atoms with Crippen molar-refractivity contribution < 1.29 is 24.0 Å². The van der Waals surface area contributed by atoms with E-state index in [1.165, 1.54) is 11.9 Å². The monoisotopic (exact) mass is 589 g/mol. The van der Waals surface area contributed by atoms with Crippen LogP contribution in [0.3, 0.4) is 0 Å². The highest BCUT2D eigenvalue weighted by Crippen LogP contribution is 2.28. The van der Waals surface area contributed by atoms with Gasteiger partial charge in [0.05, 0.1) is 6.54 Å². The minimum absolute atomic E-state index is 0.120. The maximum Gasteiger partial charge on any atom is 0.245 e. The van der Waals surface area contributed by atoms with Crippen LogP contribution in [-0.4, -0.2) is 84.1 Å². The summed E-state index contributed by atoms with van der Waals surface area (Å²) in [5, 5.41) is 8.54. The minimum atomic E-state index is -0.892. The predicted octanol–water partition coefficient (Wildman–Crippen LogP) is 1.47. The molecule has 10 nitrogen and oxygen atoms in total. The van der Waals surface area contributed by atoms with E-state index in [-0.39, 0.29) is 49.7 Å². The lowest BCUT2D eigenvalue weighted by Crippen LogP contribution is -2.58. The van der Waals surface area contributed by atoms with E-state index in [1.807, 2.05) is 68.4 Å². The fourth-order valence-corrected chi connectivity index (χ4v) is 5.81. The van der Waals surface area contributed by atoms with Crippen molar-refractivity contribution in [1.82, 2.24) is 25.8 Å². The zero-order chi connectivity index (χ0) is 31.1. The van der Waals surface area contributed by atoms with E-state index in [2.05, 4.69) is 16.0 Å². The molecule has 0 bridgehead atoms. The fourth-order valence-electron chi connectivity index (χ4n) is 5.81. The van der Waals surface area contributed by atoms with E-state index < -0.39 is 35.8 Å². The molecule has 2 aromatic rings. The summed E-state index contributed by atoms with van der Waals surface area (Å²) >= 11 is 0. The SMILES string of the molecule is CC(C)[C@@H]1NC(=O)[C@@H](C)N(C(=O)C2Cc3ccccc3C2)CCCNC(=O)[C@H](Cc2ccccc2)NC(=O)CN(C)C1=O. The number of benzene rings is 2. The van der Waals surface area contributed by atoms with Crippen molar-refractivity contribution in [2.24, 2.45) is 11.8 Å². The molecular formula is C33H43N5O5. The average molecular weight is 590 g/mol. The van der Waals surface area contributed by atoms with Crippen molar-refractivity contribution in [3.8, 4) is 0 Å². The van der Waals surface area contributed by atoms with Gasteiger partial charge in [0.25, 0.3) is 0 Å². The van der Waals surface area contributed by atoms with E-state index >= 15 is 0 Å². The summed E-state index contributed by atoms with van der Waals surface area (Å²) < 4.78 is 0. The predicted molar refractivity (Wildman–Crippen MR) is 163 cm³/mol. The van der Waals surface area contributed by atoms with Crippen LogP contribution in [0.2, 0.25) is 0 Å². The number of nitrogens with one attached hydrogen (secondary N) is 3. The van der Waals surface area contributed by atoms with Crippen molar-refractivity contribution in [1.29, 1.82) is 0 Å². The number of carbonyl (C=O) groups is 5. The molecule has 0 saturated carbocycles. The smallest absolute Gasteiger partial charge is 0.245 e. The number of amides is 5. The van der Waals surface area contributed by atoms with Crippen molar-refractivity contribution >= 4 is 29.5 Å². The largest absolute Gasteiger partial charge is 0.354 e. The summed E-state index contributed by atoms with van der Waals surface area (Å²) in [6.45, 7) is 5.54. The molecular weight excluding hydrogens is 546 g/mol. The number of nitrogens with zero attached hydrogens (tertiary/aromatic N) is 2. The van der Waals surface area contributed by atoms with Crippen LogP contribution in [0.15, 0.2) is 54.6 Å². The molecule has 0 aromatic heterocycles. The quantitative estimate of drug-likeness (QED) is 0.498. The Hall–Kier alpha value is -4.21. The standard InChI is InChI=1S/C33H43N5O5/c1-21(2)29-33(43)37(4)20-28(39)35-27(17-23-11-6-5-7-12-23)31(41)34-15-10-16-38(22(3)30(40)36-29)32(42)26-18-24-13-8-9-14-25(24)19-26/h5-9,11-14,21-22,26-27,29H,10,15-20H2,1-4H3,(H,34,41)(H,35,39)(H,36,40)/t22-,27+,29+/m1/s1. The highest BCUT2D eigenvalue weighted by atomic mass is 16.2. The molecule has 2 aromatic carbocycles. The van der Waals surface area contributed by atoms with E-state index in [4.69, 9.17) is 0 Å². The van der Waals surface area contributed by atoms with Crippen molar-refractivity contribution in [3.63, 3.8) is 0 Å². The van der Waals surface area contributed by atoms with E-state index in [9.17, 15) is 24.0 Å². The Balaban J connectivity index is 1.57. The van der Waals surface area contributed by atoms with Gasteiger partial charge < -0.3 is 25.8 Å². The van der Waals surface area contributed by atoms with Crippen molar-refractivity contribution in [2.45, 2.75) is 64.6 Å². The van der Waals surface area contributed by atoms with Gasteiger partial charge in [-0.15, -0.1) is 0 Å². The third kappa shape index (κ3) is 8.00. The molecule has 4 rings (SSSR count). The molecule has 1 fully saturated rings. The summed E-state index contributed by atoms with van der Waals surface area (Å²) in [6, 6.07) is 14.8. The Morgan fingerprint density at radius 1 is 0.907 bits per heavy atom. The van der Waals surface area contributed by atoms with Gasteiger partial charge in [0.1, 0.15) is 18.1 Å². The summed E-state index contributed by atoms with van der Waals surface area (Å²) in [6.07, 6.45) is 1.91. The van der Waals surface area contributed by atoms with Crippen LogP contribution in [0.5, 0.6) is 0 Å². The molecule has 230 valence electrons. The van der Waals surface area contributed by atoms with Crippen LogP contribution in [0.4, 0.5) is 0 Å². The van der Waals surface area contributed by atoms with Crippen LogP contribution in [0.25, 0.3) is 0 Å². The lowest BCUT2D eigenvalue weighted by molar-refractivity contribution is -0.145. The number of hydrogen-bond acceptors (Lipinski definition) is 5. The van der Waals surface area contributed by atoms with Gasteiger partial charge in [-0.3, -0.25) is 24.0 Å². The molecule has 43 heavy (non-hydrogen) atoms. The molecule has 1 aliphatic carbocycles. The first-order valence-electron chi connectivity index (χ1n) is 15.1. The Kier molecular flexibility index (Phi) is 10.6. The van der Waals surface area contributed by atoms with Crippen LogP contribution in [-0.2, 0) is 43.2 Å². The number of fused-ring (bicyclic) bond motifs is 1. The highest BCUT2D eigenvalue weighted by Gasteiger charge is 2.37. The summed E-state index contributed by atoms with van der Waals surface area (Å²) in [7, 11) is 1.50. The molecule has 1 heterocycles. The van der Waals surface area contributed by atoms with E-state index in [0.717, 1.165) is 16.7 Å². The number of hydrogen-bond donors (Lipinski definition) is 3. The molecule has 1 aliphatic heterocycles. The lowest BCUT2D eigenvalue weighted by Gasteiger charge is -2.33. The number of carbonyl (C=O) groups excluding carboxylic acids is 5. The minimum Gasteiger partial charge on any atom is -0.354 e. The summed E-state index contributed by atoms with van der Waals surface area (Å²) in [5.74, 6) is -2.36. The third-order valence-electron chi connectivity index (χ3n) is 8.33. The first kappa shape index (κ1) is 31.7. The van der Waals surface area contributed by atoms with Gasteiger partial charge in [0.15, 0.2) is 0 Å². The van der Waals surface area contributed by atoms with Crippen LogP contribution in [0, 0.1) is 11.8 Å². The molecule has 3 N–H and O–H groups in total. The lowest BCUT2D eigenvalue weighted by atomic mass is 10.0. The molecule has 5 amide bonds. The Bertz CT molecular complexity index is 1300. The zero-order valence-electron chi connectivity index (χ0n) is 25.5. The van der Waals surface area contributed by atoms with Crippen molar-refractivity contribution in [3.05, 3.63) is 71.3 Å². The Morgan fingerprint density at radius 2 is 1.53 bits per heavy atom. The molecule has 3 atom stereocenters. The van der Waals surface area contributed by atoms with Gasteiger partial charge in [-0.1, -0.05) is 68.4 Å². The summed E-state index contributed by atoms with van der Waals surface area (Å²) in [5.41, 5.74) is 3.16. The topological polar surface area (TPSA) is 128 Å². The van der Waals surface area contributed by atoms with Gasteiger partial charge in [-0.2, -0.15) is 0 Å². The number of likely N-dealkylation sites (N-methyl/N-ethyl adjacent to an activating group) is 1. The van der Waals surface area contributed by atoms with E-state index in [0.29, 0.717) is 19.3 Å². The van der Waals surface area contributed by atoms with Gasteiger partial charge in [0.2, 0.25) is 29.5 Å².